The van der Waals surface area contributed by atoms with Crippen molar-refractivity contribution in [2.24, 2.45) is 4.99 Å². The second kappa shape index (κ2) is 44.9. The minimum atomic E-state index is -4.61. The first kappa shape index (κ1) is 90.0. The summed E-state index contributed by atoms with van der Waals surface area (Å²) < 4.78 is 159. The third-order valence-corrected chi connectivity index (χ3v) is 13.3. The van der Waals surface area contributed by atoms with Gasteiger partial charge in [0.2, 0.25) is 6.08 Å². The fourth-order valence-electron chi connectivity index (χ4n) is 8.58. The van der Waals surface area contributed by atoms with Crippen LogP contribution in [0.15, 0.2) is 55.0 Å². The van der Waals surface area contributed by atoms with Gasteiger partial charge in [0.15, 0.2) is 39.9 Å². The molecule has 26 nitrogen and oxygen atoms in total. The Hall–Kier alpha value is -7.95. The molecule has 3 atom stereocenters. The van der Waals surface area contributed by atoms with Gasteiger partial charge in [0.1, 0.15) is 29.3 Å². The summed E-state index contributed by atoms with van der Waals surface area (Å²) in [6.07, 6.45) is -7.14. The number of aliphatic hydroxyl groups is 1. The van der Waals surface area contributed by atoms with Gasteiger partial charge in [-0.25, -0.2) is 24.0 Å². The average molecular weight is 1420 g/mol. The van der Waals surface area contributed by atoms with Crippen molar-refractivity contribution in [2.75, 3.05) is 80.9 Å². The molecular formula is C62H85F9N9NaO17. The summed E-state index contributed by atoms with van der Waals surface area (Å²) in [6.45, 7) is 16.4. The summed E-state index contributed by atoms with van der Waals surface area (Å²) in [6, 6.07) is 4.98. The van der Waals surface area contributed by atoms with Crippen molar-refractivity contribution in [3.8, 4) is 17.2 Å². The molecule has 0 radical (unpaired) electrons. The van der Waals surface area contributed by atoms with Crippen LogP contribution in [0.2, 0.25) is 0 Å². The number of aliphatic imine (C=N–C) groups is 1. The van der Waals surface area contributed by atoms with Crippen LogP contribution in [0.5, 0.6) is 17.2 Å². The van der Waals surface area contributed by atoms with Gasteiger partial charge in [-0.2, -0.15) is 44.5 Å². The molecule has 544 valence electrons. The number of benzene rings is 3. The van der Waals surface area contributed by atoms with Gasteiger partial charge in [-0.3, -0.25) is 4.79 Å². The number of aliphatic carboxylic acids is 1. The van der Waals surface area contributed by atoms with Gasteiger partial charge in [0, 0.05) is 51.0 Å². The zero-order valence-corrected chi connectivity index (χ0v) is 58.9. The molecule has 6 aromatic rings. The number of carboxylic acids is 1. The van der Waals surface area contributed by atoms with Crippen LogP contribution >= 0.6 is 0 Å². The van der Waals surface area contributed by atoms with E-state index < -0.39 is 83.7 Å². The standard InChI is InChI=1S/C21H28F3N3O5.C19H24F3N3O5.C15H19F3N2O2.C6H9NO3.CH4O.Na.H2O/c1-5-8-14-16(10-9-15-17(14)32-26-18(15)21(22,23)24)31-12-7-11-27(4)20(29)25-13(3)19(28)30-6-2;1-4-6-12-14(8-7-13-15(12)30-24-16(13)19(20,21)22)29-10-5-9-25(3)18(28)23-11(2)17(26)27;1-3-5-10-12(21-9-4-8-19-2)7-6-11-13(10)22-20-14(11)15(16,17)18;1-3-10-6(9)5(2)7-4-8;1-2;;/h9-10,13H,5-8,11-12H2,1-4H3,(H,25,29);7-8,11H,4-6,9-10H2,1-3H3,(H,23,28)(H,26,27);6-7,19H,3-5,8-9H2,1-2H3;5H,3H2,1-2H3;2H,1H3;;1H2/q;;;;;+1;/p-1. The molecule has 3 unspecified atom stereocenters. The summed E-state index contributed by atoms with van der Waals surface area (Å²) in [5, 5.41) is 33.1. The number of halogens is 9. The van der Waals surface area contributed by atoms with E-state index >= 15 is 0 Å². The number of aromatic nitrogens is 3. The maximum absolute atomic E-state index is 13.1. The molecule has 6 rings (SSSR count). The van der Waals surface area contributed by atoms with Gasteiger partial charge >= 0.3 is 78.1 Å². The molecule has 0 spiro atoms. The smallest absolute Gasteiger partial charge is 0.870 e. The van der Waals surface area contributed by atoms with Crippen molar-refractivity contribution >= 4 is 69.0 Å². The fraction of sp³-hybridized carbons (Fsp3) is 0.565. The number of fused-ring (bicyclic) bond motifs is 3. The molecule has 0 aliphatic rings. The van der Waals surface area contributed by atoms with Crippen molar-refractivity contribution in [3.63, 3.8) is 0 Å². The third-order valence-electron chi connectivity index (χ3n) is 13.3. The number of amides is 4. The topological polar surface area (TPSA) is 352 Å². The number of nitrogens with one attached hydrogen (secondary N) is 3. The van der Waals surface area contributed by atoms with E-state index in [1.807, 2.05) is 27.8 Å². The largest absolute Gasteiger partial charge is 1.00 e. The van der Waals surface area contributed by atoms with Crippen LogP contribution < -0.4 is 59.7 Å². The molecular weight excluding hydrogens is 1340 g/mol. The van der Waals surface area contributed by atoms with Crippen LogP contribution in [0.3, 0.4) is 0 Å². The van der Waals surface area contributed by atoms with Crippen molar-refractivity contribution < 1.29 is 151 Å². The van der Waals surface area contributed by atoms with Crippen molar-refractivity contribution in [2.45, 2.75) is 150 Å². The van der Waals surface area contributed by atoms with Gasteiger partial charge < -0.3 is 78.7 Å². The Kier molecular flexibility index (Phi) is 41.2. The monoisotopic (exact) mass is 1420 g/mol. The summed E-state index contributed by atoms with van der Waals surface area (Å²) in [5.41, 5.74) is -1.12. The molecule has 0 aliphatic heterocycles. The number of carbonyl (C=O) groups is 5. The normalized spacial score (nSPS) is 11.9. The number of ether oxygens (including phenoxy) is 5. The molecule has 4 amide bonds. The number of carbonyl (C=O) groups excluding carboxylic acids is 5. The van der Waals surface area contributed by atoms with Gasteiger partial charge in [-0.05, 0) is 123 Å². The van der Waals surface area contributed by atoms with Gasteiger partial charge in [-0.1, -0.05) is 55.5 Å². The van der Waals surface area contributed by atoms with E-state index in [0.717, 1.165) is 26.5 Å². The van der Waals surface area contributed by atoms with Crippen molar-refractivity contribution in [3.05, 3.63) is 70.2 Å². The third kappa shape index (κ3) is 28.1. The molecule has 6 N–H and O–H groups in total. The SMILES string of the molecule is CCCc1c(OCCCN(C)C(=O)NC(C)C(=O)O)ccc2c(C(F)(F)F)noc12.CCCc1c(OCCCN(C)C(=O)NC(C)C(=O)OCC)ccc2c(C(F)(F)F)noc12.CCCc1c(OCCCNC)ccc2c(C(F)(F)F)noc12.CCOC(=O)C(C)N=C=O.CO.[Na+].[OH-]. The molecule has 3 heterocycles. The van der Waals surface area contributed by atoms with E-state index in [4.69, 9.17) is 42.7 Å². The van der Waals surface area contributed by atoms with Gasteiger partial charge in [0.05, 0.1) is 49.2 Å². The fourth-order valence-corrected chi connectivity index (χ4v) is 8.58. The Morgan fingerprint density at radius 3 is 1.19 bits per heavy atom. The quantitative estimate of drug-likeness (QED) is 0.00735. The molecule has 0 fully saturated rings. The van der Waals surface area contributed by atoms with Crippen LogP contribution in [0.1, 0.15) is 128 Å². The summed E-state index contributed by atoms with van der Waals surface area (Å²) in [4.78, 5) is 72.6. The number of nitrogens with zero attached hydrogens (tertiary/aromatic N) is 6. The average Bonchev–Trinajstić information content (AvgIpc) is 1.61. The Morgan fingerprint density at radius 1 is 0.571 bits per heavy atom. The van der Waals surface area contributed by atoms with Gasteiger partial charge in [0.25, 0.3) is 0 Å². The number of aliphatic hydroxyl groups excluding tert-OH is 1. The molecule has 3 aromatic heterocycles. The van der Waals surface area contributed by atoms with Gasteiger partial charge in [-0.15, -0.1) is 0 Å². The number of urea groups is 2. The molecule has 36 heteroatoms. The maximum Gasteiger partial charge on any atom is 1.00 e. The molecule has 0 saturated heterocycles. The zero-order chi connectivity index (χ0) is 72.5. The Morgan fingerprint density at radius 2 is 0.898 bits per heavy atom. The van der Waals surface area contributed by atoms with Crippen molar-refractivity contribution in [1.82, 2.24) is 41.2 Å². The maximum atomic E-state index is 13.1. The number of hydrogen-bond acceptors (Lipinski definition) is 21. The number of rotatable bonds is 29. The van der Waals surface area contributed by atoms with Crippen LogP contribution in [-0.4, -0.2) is 176 Å². The van der Waals surface area contributed by atoms with Crippen LogP contribution in [0, 0.1) is 0 Å². The van der Waals surface area contributed by atoms with Crippen LogP contribution in [0.25, 0.3) is 32.9 Å². The molecule has 3 aromatic carbocycles. The van der Waals surface area contributed by atoms with E-state index in [-0.39, 0.29) is 87.8 Å². The number of isocyanates is 1. The van der Waals surface area contributed by atoms with E-state index in [9.17, 15) is 68.3 Å². The summed E-state index contributed by atoms with van der Waals surface area (Å²) in [5.74, 6) is -0.758. The second-order valence-electron chi connectivity index (χ2n) is 20.7. The first-order chi connectivity index (χ1) is 45.4. The molecule has 0 saturated carbocycles. The van der Waals surface area contributed by atoms with Crippen molar-refractivity contribution in [1.29, 1.82) is 0 Å². The van der Waals surface area contributed by atoms with E-state index in [1.54, 1.807) is 27.0 Å². The Bertz CT molecular complexity index is 3450. The Labute approximate surface area is 581 Å². The second-order valence-corrected chi connectivity index (χ2v) is 20.7. The predicted molar refractivity (Wildman–Crippen MR) is 333 cm³/mol. The number of aryl methyl sites for hydroxylation is 3. The minimum absolute atomic E-state index is 0. The number of hydrogen-bond donors (Lipinski definition) is 5. The summed E-state index contributed by atoms with van der Waals surface area (Å²) in [7, 11) is 5.95. The van der Waals surface area contributed by atoms with E-state index in [0.29, 0.717) is 105 Å². The number of carboxylic acid groups (broad SMARTS) is 1. The Balaban J connectivity index is 0.00000133. The molecule has 98 heavy (non-hydrogen) atoms. The minimum Gasteiger partial charge on any atom is -0.870 e. The first-order valence-corrected chi connectivity index (χ1v) is 30.5. The van der Waals surface area contributed by atoms with Crippen LogP contribution in [0.4, 0.5) is 49.1 Å². The predicted octanol–water partition coefficient (Wildman–Crippen LogP) is 8.34. The number of esters is 2. The van der Waals surface area contributed by atoms with Crippen LogP contribution in [-0.2, 0) is 66.4 Å². The van der Waals surface area contributed by atoms with E-state index in [1.165, 1.54) is 74.0 Å². The summed E-state index contributed by atoms with van der Waals surface area (Å²) >= 11 is 0. The van der Waals surface area contributed by atoms with E-state index in [2.05, 4.69) is 41.1 Å². The number of alkyl halides is 9. The zero-order valence-electron chi connectivity index (χ0n) is 56.9. The molecule has 0 bridgehead atoms. The first-order valence-electron chi connectivity index (χ1n) is 30.5. The molecule has 0 aliphatic carbocycles.